The molecule has 1 amide bonds. The van der Waals surface area contributed by atoms with Crippen LogP contribution in [0.3, 0.4) is 0 Å². The summed E-state index contributed by atoms with van der Waals surface area (Å²) in [5, 5.41) is 0.694. The minimum atomic E-state index is 0.0246. The Kier molecular flexibility index (Phi) is 4.76. The van der Waals surface area contributed by atoms with Crippen molar-refractivity contribution in [2.45, 2.75) is 19.0 Å². The highest BCUT2D eigenvalue weighted by Gasteiger charge is 2.22. The minimum Gasteiger partial charge on any atom is -0.335 e. The molecule has 104 valence electrons. The second kappa shape index (κ2) is 6.34. The minimum absolute atomic E-state index is 0.0246. The predicted octanol–water partition coefficient (Wildman–Crippen LogP) is 1.28. The van der Waals surface area contributed by atoms with Gasteiger partial charge in [0.1, 0.15) is 5.69 Å². The number of piperazine rings is 1. The van der Waals surface area contributed by atoms with Crippen LogP contribution in [0.2, 0.25) is 0 Å². The van der Waals surface area contributed by atoms with Crippen molar-refractivity contribution in [2.24, 2.45) is 0 Å². The van der Waals surface area contributed by atoms with E-state index in [1.54, 1.807) is 17.8 Å². The van der Waals surface area contributed by atoms with Crippen molar-refractivity contribution in [1.82, 2.24) is 19.8 Å². The molecular weight excluding hydrogens is 260 g/mol. The number of nitrogens with zero attached hydrogens (tertiary/aromatic N) is 4. The number of hydrogen-bond donors (Lipinski definition) is 0. The molecule has 1 saturated heterocycles. The number of thioether (sulfide) groups is 1. The molecule has 6 heteroatoms. The molecule has 1 aliphatic rings. The fourth-order valence-electron chi connectivity index (χ4n) is 2.02. The lowest BCUT2D eigenvalue weighted by Crippen LogP contribution is -2.47. The van der Waals surface area contributed by atoms with Crippen LogP contribution in [0.1, 0.15) is 23.1 Å². The van der Waals surface area contributed by atoms with Gasteiger partial charge in [-0.3, -0.25) is 4.79 Å². The smallest absolute Gasteiger partial charge is 0.272 e. The fourth-order valence-corrected chi connectivity index (χ4v) is 2.65. The maximum absolute atomic E-state index is 12.4. The fraction of sp³-hybridized carbons (Fsp3) is 0.615. The van der Waals surface area contributed by atoms with Gasteiger partial charge in [-0.1, -0.05) is 18.7 Å². The summed E-state index contributed by atoms with van der Waals surface area (Å²) in [6, 6.07) is 1.78. The molecule has 0 N–H and O–H groups in total. The topological polar surface area (TPSA) is 49.3 Å². The monoisotopic (exact) mass is 280 g/mol. The van der Waals surface area contributed by atoms with Gasteiger partial charge in [0.25, 0.3) is 5.91 Å². The van der Waals surface area contributed by atoms with Gasteiger partial charge in [0.05, 0.1) is 0 Å². The van der Waals surface area contributed by atoms with Crippen molar-refractivity contribution < 1.29 is 4.79 Å². The summed E-state index contributed by atoms with van der Waals surface area (Å²) < 4.78 is 0. The van der Waals surface area contributed by atoms with Crippen LogP contribution in [-0.4, -0.2) is 64.7 Å². The molecule has 0 atom stereocenters. The zero-order chi connectivity index (χ0) is 13.8. The molecular formula is C13H20N4OS. The van der Waals surface area contributed by atoms with E-state index in [0.717, 1.165) is 37.6 Å². The molecule has 1 aromatic heterocycles. The van der Waals surface area contributed by atoms with Gasteiger partial charge >= 0.3 is 0 Å². The lowest BCUT2D eigenvalue weighted by atomic mass is 10.2. The number of carbonyl (C=O) groups is 1. The van der Waals surface area contributed by atoms with Gasteiger partial charge in [0.15, 0.2) is 5.16 Å². The Morgan fingerprint density at radius 1 is 1.32 bits per heavy atom. The largest absolute Gasteiger partial charge is 0.335 e. The van der Waals surface area contributed by atoms with Gasteiger partial charge in [-0.05, 0) is 25.8 Å². The van der Waals surface area contributed by atoms with Crippen molar-refractivity contribution in [3.05, 3.63) is 17.5 Å². The molecule has 0 unspecified atom stereocenters. The highest BCUT2D eigenvalue weighted by molar-refractivity contribution is 7.99. The van der Waals surface area contributed by atoms with Crippen LogP contribution < -0.4 is 0 Å². The van der Waals surface area contributed by atoms with Gasteiger partial charge in [-0.15, -0.1) is 0 Å². The Hall–Kier alpha value is -1.14. The third-order valence-corrected chi connectivity index (χ3v) is 3.85. The van der Waals surface area contributed by atoms with Crippen molar-refractivity contribution >= 4 is 17.7 Å². The number of likely N-dealkylation sites (N-methyl/N-ethyl adjacent to an activating group) is 1. The molecule has 1 aromatic rings. The number of rotatable bonds is 3. The first kappa shape index (κ1) is 14.3. The number of aromatic nitrogens is 2. The van der Waals surface area contributed by atoms with E-state index in [1.807, 2.05) is 11.8 Å². The number of amides is 1. The molecule has 0 bridgehead atoms. The molecule has 0 spiro atoms. The quantitative estimate of drug-likeness (QED) is 0.617. The van der Waals surface area contributed by atoms with Crippen molar-refractivity contribution in [3.63, 3.8) is 0 Å². The van der Waals surface area contributed by atoms with Crippen LogP contribution in [0.25, 0.3) is 0 Å². The van der Waals surface area contributed by atoms with Gasteiger partial charge in [0.2, 0.25) is 0 Å². The average molecular weight is 280 g/mol. The molecule has 2 heterocycles. The van der Waals surface area contributed by atoms with E-state index in [4.69, 9.17) is 0 Å². The Morgan fingerprint density at radius 3 is 2.63 bits per heavy atom. The summed E-state index contributed by atoms with van der Waals surface area (Å²) in [7, 11) is 2.08. The zero-order valence-corrected chi connectivity index (χ0v) is 12.5. The summed E-state index contributed by atoms with van der Waals surface area (Å²) in [6.07, 6.45) is 0. The van der Waals surface area contributed by atoms with E-state index < -0.39 is 0 Å². The lowest BCUT2D eigenvalue weighted by Gasteiger charge is -2.32. The molecule has 19 heavy (non-hydrogen) atoms. The van der Waals surface area contributed by atoms with Crippen LogP contribution in [0.4, 0.5) is 0 Å². The number of aryl methyl sites for hydroxylation is 1. The van der Waals surface area contributed by atoms with E-state index >= 15 is 0 Å². The molecule has 0 aliphatic carbocycles. The van der Waals surface area contributed by atoms with E-state index in [0.29, 0.717) is 10.9 Å². The molecule has 0 saturated carbocycles. The third kappa shape index (κ3) is 3.67. The van der Waals surface area contributed by atoms with Crippen molar-refractivity contribution in [3.8, 4) is 0 Å². The molecule has 5 nitrogen and oxygen atoms in total. The lowest BCUT2D eigenvalue weighted by molar-refractivity contribution is 0.0657. The Labute approximate surface area is 118 Å². The van der Waals surface area contributed by atoms with Gasteiger partial charge in [0, 0.05) is 31.9 Å². The van der Waals surface area contributed by atoms with Crippen LogP contribution in [-0.2, 0) is 0 Å². The third-order valence-electron chi connectivity index (χ3n) is 3.12. The second-order valence-electron chi connectivity index (χ2n) is 4.71. The first-order chi connectivity index (χ1) is 9.10. The summed E-state index contributed by atoms with van der Waals surface area (Å²) >= 11 is 1.57. The maximum Gasteiger partial charge on any atom is 0.272 e. The molecule has 1 fully saturated rings. The first-order valence-corrected chi connectivity index (χ1v) is 7.55. The van der Waals surface area contributed by atoms with Gasteiger partial charge < -0.3 is 9.80 Å². The summed E-state index contributed by atoms with van der Waals surface area (Å²) in [4.78, 5) is 25.2. The van der Waals surface area contributed by atoms with E-state index in [9.17, 15) is 4.79 Å². The Bertz CT molecular complexity index is 458. The van der Waals surface area contributed by atoms with E-state index in [1.165, 1.54) is 0 Å². The molecule has 0 aromatic carbocycles. The van der Waals surface area contributed by atoms with Crippen LogP contribution in [0.5, 0.6) is 0 Å². The summed E-state index contributed by atoms with van der Waals surface area (Å²) in [6.45, 7) is 7.35. The average Bonchev–Trinajstić information content (AvgIpc) is 2.38. The SMILES string of the molecule is CCSc1nc(C)cc(C(=O)N2CCN(C)CC2)n1. The van der Waals surface area contributed by atoms with Crippen LogP contribution in [0, 0.1) is 6.92 Å². The van der Waals surface area contributed by atoms with Crippen LogP contribution in [0.15, 0.2) is 11.2 Å². The van der Waals surface area contributed by atoms with E-state index in [-0.39, 0.29) is 5.91 Å². The Morgan fingerprint density at radius 2 is 2.00 bits per heavy atom. The highest BCUT2D eigenvalue weighted by atomic mass is 32.2. The zero-order valence-electron chi connectivity index (χ0n) is 11.7. The Balaban J connectivity index is 2.14. The van der Waals surface area contributed by atoms with Gasteiger partial charge in [-0.25, -0.2) is 9.97 Å². The van der Waals surface area contributed by atoms with Crippen molar-refractivity contribution in [2.75, 3.05) is 39.0 Å². The molecule has 0 radical (unpaired) electrons. The van der Waals surface area contributed by atoms with Gasteiger partial charge in [-0.2, -0.15) is 0 Å². The summed E-state index contributed by atoms with van der Waals surface area (Å²) in [5.41, 5.74) is 1.37. The standard InChI is InChI=1S/C13H20N4OS/c1-4-19-13-14-10(2)9-11(15-13)12(18)17-7-5-16(3)6-8-17/h9H,4-8H2,1-3H3. The number of hydrogen-bond acceptors (Lipinski definition) is 5. The molecule has 1 aliphatic heterocycles. The molecule has 2 rings (SSSR count). The van der Waals surface area contributed by atoms with E-state index in [2.05, 4.69) is 28.8 Å². The maximum atomic E-state index is 12.4. The predicted molar refractivity (Wildman–Crippen MR) is 76.6 cm³/mol. The van der Waals surface area contributed by atoms with Crippen LogP contribution >= 0.6 is 11.8 Å². The normalized spacial score (nSPS) is 16.7. The highest BCUT2D eigenvalue weighted by Crippen LogP contribution is 2.15. The first-order valence-electron chi connectivity index (χ1n) is 6.56. The summed E-state index contributed by atoms with van der Waals surface area (Å²) in [5.74, 6) is 0.933. The van der Waals surface area contributed by atoms with Crippen molar-refractivity contribution in [1.29, 1.82) is 0 Å². The second-order valence-corrected chi connectivity index (χ2v) is 5.94. The number of carbonyl (C=O) groups excluding carboxylic acids is 1.